The smallest absolute Gasteiger partial charge is 0.311 e. The van der Waals surface area contributed by atoms with Crippen molar-refractivity contribution in [1.29, 1.82) is 0 Å². The van der Waals surface area contributed by atoms with Crippen LogP contribution in [-0.4, -0.2) is 11.1 Å². The van der Waals surface area contributed by atoms with Crippen LogP contribution >= 0.6 is 0 Å². The highest BCUT2D eigenvalue weighted by Gasteiger charge is 2.21. The molecular weight excluding hydrogens is 267 g/mol. The molecule has 108 valence electrons. The number of benzene rings is 2. The van der Waals surface area contributed by atoms with Crippen LogP contribution in [0.2, 0.25) is 0 Å². The van der Waals surface area contributed by atoms with E-state index in [0.29, 0.717) is 12.0 Å². The molecule has 1 aliphatic carbocycles. The fraction of sp³-hybridized carbons (Fsp3) is 0.278. The molecule has 2 aromatic rings. The zero-order chi connectivity index (χ0) is 14.8. The SMILES string of the molecule is O=C(O)C(Cc1ccc2c(c1)CCC2)c1ccc(F)cc1. The van der Waals surface area contributed by atoms with Crippen LogP contribution in [0.25, 0.3) is 0 Å². The minimum atomic E-state index is -0.873. The van der Waals surface area contributed by atoms with Crippen LogP contribution in [0.5, 0.6) is 0 Å². The second kappa shape index (κ2) is 5.68. The Bertz CT molecular complexity index is 661. The lowest BCUT2D eigenvalue weighted by molar-refractivity contribution is -0.138. The first kappa shape index (κ1) is 13.8. The highest BCUT2D eigenvalue weighted by Crippen LogP contribution is 2.27. The fourth-order valence-electron chi connectivity index (χ4n) is 3.03. The standard InChI is InChI=1S/C18H17FO2/c19-16-8-6-14(7-9-16)17(18(20)21)11-12-4-5-13-2-1-3-15(13)10-12/h4-10,17H,1-3,11H2,(H,20,21). The fourth-order valence-corrected chi connectivity index (χ4v) is 3.03. The number of carbonyl (C=O) groups is 1. The molecular formula is C18H17FO2. The monoisotopic (exact) mass is 284 g/mol. The van der Waals surface area contributed by atoms with Crippen LogP contribution < -0.4 is 0 Å². The van der Waals surface area contributed by atoms with E-state index < -0.39 is 11.9 Å². The van der Waals surface area contributed by atoms with Crippen LogP contribution in [0.4, 0.5) is 4.39 Å². The van der Waals surface area contributed by atoms with Crippen molar-refractivity contribution in [2.24, 2.45) is 0 Å². The third-order valence-electron chi connectivity index (χ3n) is 4.17. The first-order valence-corrected chi connectivity index (χ1v) is 7.22. The van der Waals surface area contributed by atoms with Crippen molar-refractivity contribution < 1.29 is 14.3 Å². The normalized spacial score (nSPS) is 14.7. The van der Waals surface area contributed by atoms with Crippen molar-refractivity contribution >= 4 is 5.97 Å². The molecule has 3 rings (SSSR count). The molecule has 21 heavy (non-hydrogen) atoms. The van der Waals surface area contributed by atoms with Crippen molar-refractivity contribution in [1.82, 2.24) is 0 Å². The highest BCUT2D eigenvalue weighted by molar-refractivity contribution is 5.76. The van der Waals surface area contributed by atoms with E-state index in [1.807, 2.05) is 6.07 Å². The maximum Gasteiger partial charge on any atom is 0.311 e. The molecule has 2 aromatic carbocycles. The summed E-state index contributed by atoms with van der Waals surface area (Å²) in [5, 5.41) is 9.46. The van der Waals surface area contributed by atoms with Gasteiger partial charge in [-0.2, -0.15) is 0 Å². The zero-order valence-electron chi connectivity index (χ0n) is 11.7. The third kappa shape index (κ3) is 2.97. The molecule has 2 nitrogen and oxygen atoms in total. The van der Waals surface area contributed by atoms with Crippen LogP contribution in [0.3, 0.4) is 0 Å². The Morgan fingerprint density at radius 1 is 1.10 bits per heavy atom. The van der Waals surface area contributed by atoms with Gasteiger partial charge in [0.05, 0.1) is 5.92 Å². The van der Waals surface area contributed by atoms with Gasteiger partial charge in [-0.1, -0.05) is 30.3 Å². The largest absolute Gasteiger partial charge is 0.481 e. The average molecular weight is 284 g/mol. The molecule has 1 unspecified atom stereocenters. The van der Waals surface area contributed by atoms with Crippen molar-refractivity contribution in [3.05, 3.63) is 70.5 Å². The van der Waals surface area contributed by atoms with Gasteiger partial charge < -0.3 is 5.11 Å². The Balaban J connectivity index is 1.85. The van der Waals surface area contributed by atoms with E-state index in [9.17, 15) is 14.3 Å². The number of carboxylic acid groups (broad SMARTS) is 1. The molecule has 1 aliphatic rings. The summed E-state index contributed by atoms with van der Waals surface area (Å²) < 4.78 is 13.0. The van der Waals surface area contributed by atoms with Crippen molar-refractivity contribution in [2.45, 2.75) is 31.6 Å². The topological polar surface area (TPSA) is 37.3 Å². The van der Waals surface area contributed by atoms with E-state index in [1.54, 1.807) is 12.1 Å². The Labute approximate surface area is 123 Å². The number of fused-ring (bicyclic) bond motifs is 1. The Hall–Kier alpha value is -2.16. The molecule has 0 bridgehead atoms. The van der Waals surface area contributed by atoms with E-state index >= 15 is 0 Å². The third-order valence-corrected chi connectivity index (χ3v) is 4.17. The van der Waals surface area contributed by atoms with Gasteiger partial charge >= 0.3 is 5.97 Å². The summed E-state index contributed by atoms with van der Waals surface area (Å²) in [5.41, 5.74) is 4.40. The maximum atomic E-state index is 13.0. The number of aliphatic carboxylic acids is 1. The molecule has 1 N–H and O–H groups in total. The average Bonchev–Trinajstić information content (AvgIpc) is 2.93. The lowest BCUT2D eigenvalue weighted by Gasteiger charge is -2.14. The molecule has 0 saturated heterocycles. The number of rotatable bonds is 4. The van der Waals surface area contributed by atoms with Crippen LogP contribution in [0, 0.1) is 5.82 Å². The highest BCUT2D eigenvalue weighted by atomic mass is 19.1. The first-order valence-electron chi connectivity index (χ1n) is 7.22. The second-order valence-corrected chi connectivity index (χ2v) is 5.60. The summed E-state index contributed by atoms with van der Waals surface area (Å²) in [5.74, 6) is -1.85. The van der Waals surface area contributed by atoms with Crippen LogP contribution in [0.15, 0.2) is 42.5 Å². The van der Waals surface area contributed by atoms with Crippen LogP contribution in [0.1, 0.15) is 34.6 Å². The summed E-state index contributed by atoms with van der Waals surface area (Å²) in [4.78, 5) is 11.5. The number of hydrogen-bond donors (Lipinski definition) is 1. The van der Waals surface area contributed by atoms with E-state index in [4.69, 9.17) is 0 Å². The number of hydrogen-bond acceptors (Lipinski definition) is 1. The molecule has 1 atom stereocenters. The summed E-state index contributed by atoms with van der Waals surface area (Å²) >= 11 is 0. The maximum absolute atomic E-state index is 13.0. The number of carboxylic acids is 1. The first-order chi connectivity index (χ1) is 10.1. The predicted octanol–water partition coefficient (Wildman–Crippen LogP) is 3.73. The molecule has 0 spiro atoms. The summed E-state index contributed by atoms with van der Waals surface area (Å²) in [6.07, 6.45) is 3.82. The van der Waals surface area contributed by atoms with E-state index in [2.05, 4.69) is 12.1 Å². The molecule has 0 fully saturated rings. The van der Waals surface area contributed by atoms with Gasteiger partial charge in [0.1, 0.15) is 5.82 Å². The zero-order valence-corrected chi connectivity index (χ0v) is 11.7. The number of aryl methyl sites for hydroxylation is 2. The lowest BCUT2D eigenvalue weighted by atomic mass is 9.91. The number of halogens is 1. The molecule has 0 aromatic heterocycles. The minimum Gasteiger partial charge on any atom is -0.481 e. The lowest BCUT2D eigenvalue weighted by Crippen LogP contribution is -2.14. The van der Waals surface area contributed by atoms with Gasteiger partial charge in [0.25, 0.3) is 0 Å². The van der Waals surface area contributed by atoms with Crippen molar-refractivity contribution in [3.63, 3.8) is 0 Å². The van der Waals surface area contributed by atoms with Crippen molar-refractivity contribution in [2.75, 3.05) is 0 Å². The molecule has 3 heteroatoms. The summed E-state index contributed by atoms with van der Waals surface area (Å²) in [6, 6.07) is 12.0. The van der Waals surface area contributed by atoms with E-state index in [-0.39, 0.29) is 5.82 Å². The van der Waals surface area contributed by atoms with Gasteiger partial charge in [-0.15, -0.1) is 0 Å². The second-order valence-electron chi connectivity index (χ2n) is 5.60. The molecule has 0 radical (unpaired) electrons. The van der Waals surface area contributed by atoms with Gasteiger partial charge in [-0.05, 0) is 60.1 Å². The Morgan fingerprint density at radius 2 is 1.81 bits per heavy atom. The minimum absolute atomic E-state index is 0.347. The van der Waals surface area contributed by atoms with Gasteiger partial charge in [-0.3, -0.25) is 4.79 Å². The Kier molecular flexibility index (Phi) is 3.74. The van der Waals surface area contributed by atoms with E-state index in [0.717, 1.165) is 18.4 Å². The summed E-state index contributed by atoms with van der Waals surface area (Å²) in [6.45, 7) is 0. The van der Waals surface area contributed by atoms with E-state index in [1.165, 1.54) is 29.7 Å². The van der Waals surface area contributed by atoms with Gasteiger partial charge in [0, 0.05) is 0 Å². The molecule has 0 saturated carbocycles. The van der Waals surface area contributed by atoms with Crippen LogP contribution in [-0.2, 0) is 24.1 Å². The van der Waals surface area contributed by atoms with Gasteiger partial charge in [-0.25, -0.2) is 4.39 Å². The predicted molar refractivity (Wildman–Crippen MR) is 78.9 cm³/mol. The molecule has 0 amide bonds. The summed E-state index contributed by atoms with van der Waals surface area (Å²) in [7, 11) is 0. The Morgan fingerprint density at radius 3 is 2.52 bits per heavy atom. The quantitative estimate of drug-likeness (QED) is 0.929. The van der Waals surface area contributed by atoms with Gasteiger partial charge in [0.2, 0.25) is 0 Å². The molecule has 0 aliphatic heterocycles. The van der Waals surface area contributed by atoms with Gasteiger partial charge in [0.15, 0.2) is 0 Å². The molecule has 0 heterocycles. The van der Waals surface area contributed by atoms with Crippen molar-refractivity contribution in [3.8, 4) is 0 Å².